The van der Waals surface area contributed by atoms with Gasteiger partial charge in [-0.2, -0.15) is 0 Å². The molecule has 5 nitrogen and oxygen atoms in total. The molecule has 2 aliphatic heterocycles. The molecule has 116 valence electrons. The highest BCUT2D eigenvalue weighted by molar-refractivity contribution is 5.78. The molecule has 2 saturated heterocycles. The van der Waals surface area contributed by atoms with Crippen molar-refractivity contribution in [3.63, 3.8) is 0 Å². The number of aliphatic hydroxyl groups excluding tert-OH is 1. The van der Waals surface area contributed by atoms with Crippen LogP contribution in [0.15, 0.2) is 0 Å². The van der Waals surface area contributed by atoms with Crippen LogP contribution in [-0.4, -0.2) is 61.3 Å². The normalized spacial score (nSPS) is 24.5. The molecule has 0 aromatic heterocycles. The molecule has 1 atom stereocenters. The molecule has 0 spiro atoms. The molecule has 1 unspecified atom stereocenters. The van der Waals surface area contributed by atoms with Crippen molar-refractivity contribution in [2.45, 2.75) is 38.7 Å². The minimum Gasteiger partial charge on any atom is -0.390 e. The van der Waals surface area contributed by atoms with Crippen LogP contribution in [0.4, 0.5) is 0 Å². The van der Waals surface area contributed by atoms with Crippen molar-refractivity contribution in [1.29, 1.82) is 0 Å². The molecule has 0 aliphatic carbocycles. The highest BCUT2D eigenvalue weighted by atomic mass is 16.3. The molecule has 20 heavy (non-hydrogen) atoms. The lowest BCUT2D eigenvalue weighted by molar-refractivity contribution is -0.126. The predicted molar refractivity (Wildman–Crippen MR) is 79.4 cm³/mol. The fourth-order valence-corrected chi connectivity index (χ4v) is 3.05. The number of carbonyl (C=O) groups excluding carboxylic acids is 1. The maximum absolute atomic E-state index is 12.0. The number of amides is 1. The van der Waals surface area contributed by atoms with E-state index in [1.54, 1.807) is 0 Å². The Kier molecular flexibility index (Phi) is 6.26. The molecule has 0 aromatic rings. The first-order valence-electron chi connectivity index (χ1n) is 8.04. The Labute approximate surface area is 122 Å². The SMILES string of the molecule is CC1CCN(CC(O)CNC(=O)C2CCNCC2)CC1. The van der Waals surface area contributed by atoms with Crippen molar-refractivity contribution >= 4 is 5.91 Å². The second kappa shape index (κ2) is 7.96. The number of hydrogen-bond donors (Lipinski definition) is 3. The van der Waals surface area contributed by atoms with Crippen LogP contribution in [0.5, 0.6) is 0 Å². The molecule has 0 radical (unpaired) electrons. The molecule has 0 aromatic carbocycles. The van der Waals surface area contributed by atoms with Crippen LogP contribution in [0.25, 0.3) is 0 Å². The Bertz CT molecular complexity index is 297. The Balaban J connectivity index is 1.61. The fraction of sp³-hybridized carbons (Fsp3) is 0.933. The minimum atomic E-state index is -0.450. The number of piperidine rings is 2. The second-order valence-corrected chi connectivity index (χ2v) is 6.41. The molecule has 5 heteroatoms. The summed E-state index contributed by atoms with van der Waals surface area (Å²) in [6, 6.07) is 0. The first-order chi connectivity index (χ1) is 9.65. The molecular formula is C15H29N3O2. The second-order valence-electron chi connectivity index (χ2n) is 6.41. The summed E-state index contributed by atoms with van der Waals surface area (Å²) in [5, 5.41) is 16.2. The molecule has 2 fully saturated rings. The van der Waals surface area contributed by atoms with Crippen LogP contribution in [0, 0.1) is 11.8 Å². The van der Waals surface area contributed by atoms with Gasteiger partial charge in [0, 0.05) is 19.0 Å². The zero-order chi connectivity index (χ0) is 14.4. The topological polar surface area (TPSA) is 64.6 Å². The first kappa shape index (κ1) is 15.7. The summed E-state index contributed by atoms with van der Waals surface area (Å²) < 4.78 is 0. The van der Waals surface area contributed by atoms with E-state index in [0.29, 0.717) is 13.1 Å². The lowest BCUT2D eigenvalue weighted by atomic mass is 9.97. The monoisotopic (exact) mass is 283 g/mol. The average Bonchev–Trinajstić information content (AvgIpc) is 2.48. The number of nitrogens with zero attached hydrogens (tertiary/aromatic N) is 1. The van der Waals surface area contributed by atoms with E-state index in [2.05, 4.69) is 22.5 Å². The van der Waals surface area contributed by atoms with Crippen LogP contribution in [0.2, 0.25) is 0 Å². The fourth-order valence-electron chi connectivity index (χ4n) is 3.05. The number of rotatable bonds is 5. The molecule has 2 aliphatic rings. The van der Waals surface area contributed by atoms with Gasteiger partial charge in [0.05, 0.1) is 6.10 Å². The highest BCUT2D eigenvalue weighted by Gasteiger charge is 2.22. The highest BCUT2D eigenvalue weighted by Crippen LogP contribution is 2.16. The lowest BCUT2D eigenvalue weighted by Crippen LogP contribution is -2.45. The number of hydrogen-bond acceptors (Lipinski definition) is 4. The molecule has 1 amide bonds. The quantitative estimate of drug-likeness (QED) is 0.674. The van der Waals surface area contributed by atoms with E-state index in [-0.39, 0.29) is 11.8 Å². The number of aliphatic hydroxyl groups is 1. The lowest BCUT2D eigenvalue weighted by Gasteiger charge is -2.31. The van der Waals surface area contributed by atoms with Gasteiger partial charge in [0.1, 0.15) is 0 Å². The van der Waals surface area contributed by atoms with Crippen LogP contribution < -0.4 is 10.6 Å². The van der Waals surface area contributed by atoms with Crippen LogP contribution in [-0.2, 0) is 4.79 Å². The third-order valence-corrected chi connectivity index (χ3v) is 4.57. The van der Waals surface area contributed by atoms with Gasteiger partial charge < -0.3 is 20.6 Å². The molecule has 3 N–H and O–H groups in total. The van der Waals surface area contributed by atoms with E-state index in [1.165, 1.54) is 12.8 Å². The van der Waals surface area contributed by atoms with E-state index in [1.807, 2.05) is 0 Å². The van der Waals surface area contributed by atoms with Gasteiger partial charge in [-0.25, -0.2) is 0 Å². The summed E-state index contributed by atoms with van der Waals surface area (Å²) in [7, 11) is 0. The van der Waals surface area contributed by atoms with Gasteiger partial charge in [-0.1, -0.05) is 6.92 Å². The van der Waals surface area contributed by atoms with Crippen LogP contribution in [0.3, 0.4) is 0 Å². The van der Waals surface area contributed by atoms with Gasteiger partial charge in [-0.3, -0.25) is 4.79 Å². The van der Waals surface area contributed by atoms with Gasteiger partial charge >= 0.3 is 0 Å². The Hall–Kier alpha value is -0.650. The summed E-state index contributed by atoms with van der Waals surface area (Å²) in [5.41, 5.74) is 0. The average molecular weight is 283 g/mol. The standard InChI is InChI=1S/C15H29N3O2/c1-12-4-8-18(9-5-12)11-14(19)10-17-15(20)13-2-6-16-7-3-13/h12-14,16,19H,2-11H2,1H3,(H,17,20). The van der Waals surface area contributed by atoms with Crippen molar-refractivity contribution in [3.05, 3.63) is 0 Å². The number of carbonyl (C=O) groups is 1. The largest absolute Gasteiger partial charge is 0.390 e. The molecule has 0 bridgehead atoms. The Morgan fingerprint density at radius 3 is 2.60 bits per heavy atom. The van der Waals surface area contributed by atoms with E-state index < -0.39 is 6.10 Å². The predicted octanol–water partition coefficient (Wildman–Crippen LogP) is 0.195. The zero-order valence-corrected chi connectivity index (χ0v) is 12.6. The van der Waals surface area contributed by atoms with Gasteiger partial charge in [-0.05, 0) is 57.8 Å². The summed E-state index contributed by atoms with van der Waals surface area (Å²) in [5.74, 6) is 1.04. The summed E-state index contributed by atoms with van der Waals surface area (Å²) in [6.45, 7) is 7.33. The van der Waals surface area contributed by atoms with Crippen molar-refractivity contribution in [3.8, 4) is 0 Å². The van der Waals surface area contributed by atoms with Gasteiger partial charge in [0.15, 0.2) is 0 Å². The summed E-state index contributed by atoms with van der Waals surface area (Å²) in [6.07, 6.45) is 3.80. The third kappa shape index (κ3) is 5.04. The van der Waals surface area contributed by atoms with Crippen molar-refractivity contribution < 1.29 is 9.90 Å². The molecular weight excluding hydrogens is 254 g/mol. The molecule has 0 saturated carbocycles. The zero-order valence-electron chi connectivity index (χ0n) is 12.6. The maximum Gasteiger partial charge on any atom is 0.223 e. The number of β-amino-alcohol motifs (C(OH)–C–C–N with tert-alkyl or cyclic N) is 1. The van der Waals surface area contributed by atoms with Crippen molar-refractivity contribution in [1.82, 2.24) is 15.5 Å². The van der Waals surface area contributed by atoms with Gasteiger partial charge in [0.25, 0.3) is 0 Å². The van der Waals surface area contributed by atoms with Crippen LogP contribution in [0.1, 0.15) is 32.6 Å². The first-order valence-corrected chi connectivity index (χ1v) is 8.04. The van der Waals surface area contributed by atoms with Gasteiger partial charge in [0.2, 0.25) is 5.91 Å². The maximum atomic E-state index is 12.0. The van der Waals surface area contributed by atoms with E-state index >= 15 is 0 Å². The minimum absolute atomic E-state index is 0.109. The van der Waals surface area contributed by atoms with Crippen molar-refractivity contribution in [2.75, 3.05) is 39.3 Å². The van der Waals surface area contributed by atoms with Crippen LogP contribution >= 0.6 is 0 Å². The summed E-state index contributed by atoms with van der Waals surface area (Å²) in [4.78, 5) is 14.3. The smallest absolute Gasteiger partial charge is 0.223 e. The van der Waals surface area contributed by atoms with Crippen molar-refractivity contribution in [2.24, 2.45) is 11.8 Å². The number of likely N-dealkylation sites (tertiary alicyclic amines) is 1. The Morgan fingerprint density at radius 1 is 1.30 bits per heavy atom. The molecule has 2 rings (SSSR count). The summed E-state index contributed by atoms with van der Waals surface area (Å²) >= 11 is 0. The number of nitrogens with one attached hydrogen (secondary N) is 2. The third-order valence-electron chi connectivity index (χ3n) is 4.57. The van der Waals surface area contributed by atoms with E-state index in [9.17, 15) is 9.90 Å². The van der Waals surface area contributed by atoms with Gasteiger partial charge in [-0.15, -0.1) is 0 Å². The molecule has 2 heterocycles. The van der Waals surface area contributed by atoms with E-state index in [4.69, 9.17) is 0 Å². The van der Waals surface area contributed by atoms with E-state index in [0.717, 1.165) is 44.9 Å². The Morgan fingerprint density at radius 2 is 1.95 bits per heavy atom.